The van der Waals surface area contributed by atoms with Crippen molar-refractivity contribution < 1.29 is 0 Å². The van der Waals surface area contributed by atoms with Crippen LogP contribution >= 0.6 is 0 Å². The lowest BCUT2D eigenvalue weighted by atomic mass is 9.96. The highest BCUT2D eigenvalue weighted by Crippen LogP contribution is 2.16. The zero-order chi connectivity index (χ0) is 7.56. The summed E-state index contributed by atoms with van der Waals surface area (Å²) in [4.78, 5) is 0. The monoisotopic (exact) mass is 135 g/mol. The molecule has 0 aromatic heterocycles. The van der Waals surface area contributed by atoms with Gasteiger partial charge in [-0.25, -0.2) is 0 Å². The molecule has 0 radical (unpaired) electrons. The van der Waals surface area contributed by atoms with Crippen LogP contribution < -0.4 is 5.32 Å². The van der Waals surface area contributed by atoms with E-state index in [1.165, 1.54) is 5.57 Å². The van der Waals surface area contributed by atoms with Gasteiger partial charge in [0, 0.05) is 6.04 Å². The first-order chi connectivity index (χ1) is 4.72. The van der Waals surface area contributed by atoms with E-state index in [1.807, 2.05) is 0 Å². The van der Waals surface area contributed by atoms with Crippen LogP contribution in [0.2, 0.25) is 0 Å². The van der Waals surface area contributed by atoms with Crippen molar-refractivity contribution >= 4 is 0 Å². The summed E-state index contributed by atoms with van der Waals surface area (Å²) in [5.41, 5.74) is 1.27. The first-order valence-electron chi connectivity index (χ1n) is 3.61. The highest BCUT2D eigenvalue weighted by Gasteiger charge is 2.17. The molecule has 1 saturated heterocycles. The predicted molar refractivity (Wildman–Crippen MR) is 43.6 cm³/mol. The summed E-state index contributed by atoms with van der Waals surface area (Å²) in [7, 11) is 0. The van der Waals surface area contributed by atoms with Gasteiger partial charge in [-0.3, -0.25) is 0 Å². The van der Waals surface area contributed by atoms with Gasteiger partial charge in [0.2, 0.25) is 0 Å². The fourth-order valence-electron chi connectivity index (χ4n) is 1.37. The van der Waals surface area contributed by atoms with E-state index >= 15 is 0 Å². The smallest absolute Gasteiger partial charge is 0.0726 e. The first kappa shape index (κ1) is 7.37. The molecule has 1 aliphatic rings. The Bertz CT molecular complexity index is 176. The second-order valence-electron chi connectivity index (χ2n) is 2.95. The standard InChI is InChI=1S/C9H13N/c1-4-9-6-7(2)5-8(3)10-9/h1,8-10H,2,5-6H2,3H3. The van der Waals surface area contributed by atoms with Crippen LogP contribution in [0.25, 0.3) is 0 Å². The summed E-state index contributed by atoms with van der Waals surface area (Å²) in [5, 5.41) is 3.30. The number of rotatable bonds is 0. The minimum absolute atomic E-state index is 0.219. The Balaban J connectivity index is 2.52. The van der Waals surface area contributed by atoms with Gasteiger partial charge in [-0.05, 0) is 19.8 Å². The van der Waals surface area contributed by atoms with E-state index in [1.54, 1.807) is 0 Å². The third kappa shape index (κ3) is 1.62. The number of terminal acetylenes is 1. The maximum Gasteiger partial charge on any atom is 0.0726 e. The van der Waals surface area contributed by atoms with Crippen LogP contribution in [0.3, 0.4) is 0 Å². The topological polar surface area (TPSA) is 12.0 Å². The fraction of sp³-hybridized carbons (Fsp3) is 0.556. The third-order valence-electron chi connectivity index (χ3n) is 1.77. The molecule has 0 amide bonds. The van der Waals surface area contributed by atoms with Crippen molar-refractivity contribution in [3.63, 3.8) is 0 Å². The van der Waals surface area contributed by atoms with E-state index < -0.39 is 0 Å². The Kier molecular flexibility index (Phi) is 2.13. The van der Waals surface area contributed by atoms with Crippen molar-refractivity contribution in [1.82, 2.24) is 5.32 Å². The van der Waals surface area contributed by atoms with E-state index in [4.69, 9.17) is 6.42 Å². The molecule has 1 fully saturated rings. The fourth-order valence-corrected chi connectivity index (χ4v) is 1.37. The van der Waals surface area contributed by atoms with Crippen molar-refractivity contribution in [3.8, 4) is 12.3 Å². The van der Waals surface area contributed by atoms with Crippen LogP contribution in [-0.2, 0) is 0 Å². The Labute approximate surface area is 62.5 Å². The molecule has 1 N–H and O–H groups in total. The molecule has 2 atom stereocenters. The van der Waals surface area contributed by atoms with E-state index in [2.05, 4.69) is 24.7 Å². The van der Waals surface area contributed by atoms with Crippen LogP contribution in [0.1, 0.15) is 19.8 Å². The van der Waals surface area contributed by atoms with Gasteiger partial charge in [0.05, 0.1) is 6.04 Å². The van der Waals surface area contributed by atoms with Gasteiger partial charge >= 0.3 is 0 Å². The second kappa shape index (κ2) is 2.90. The molecular formula is C9H13N. The summed E-state index contributed by atoms with van der Waals surface area (Å²) < 4.78 is 0. The molecule has 0 bridgehead atoms. The van der Waals surface area contributed by atoms with Gasteiger partial charge in [0.15, 0.2) is 0 Å². The van der Waals surface area contributed by atoms with Crippen LogP contribution in [-0.4, -0.2) is 12.1 Å². The summed E-state index contributed by atoms with van der Waals surface area (Å²) in [6.07, 6.45) is 7.29. The number of hydrogen-bond donors (Lipinski definition) is 1. The SMILES string of the molecule is C#CC1CC(=C)CC(C)N1. The summed E-state index contributed by atoms with van der Waals surface area (Å²) >= 11 is 0. The van der Waals surface area contributed by atoms with E-state index in [0.717, 1.165) is 12.8 Å². The summed E-state index contributed by atoms with van der Waals surface area (Å²) in [5.74, 6) is 2.69. The molecule has 0 aliphatic carbocycles. The third-order valence-corrected chi connectivity index (χ3v) is 1.77. The van der Waals surface area contributed by atoms with E-state index in [-0.39, 0.29) is 6.04 Å². The quantitative estimate of drug-likeness (QED) is 0.390. The van der Waals surface area contributed by atoms with Crippen LogP contribution in [0.4, 0.5) is 0 Å². The first-order valence-corrected chi connectivity index (χ1v) is 3.61. The van der Waals surface area contributed by atoms with Crippen LogP contribution in [0, 0.1) is 12.3 Å². The molecule has 1 rings (SSSR count). The average molecular weight is 135 g/mol. The highest BCUT2D eigenvalue weighted by atomic mass is 14.9. The highest BCUT2D eigenvalue weighted by molar-refractivity contribution is 5.13. The van der Waals surface area contributed by atoms with E-state index in [0.29, 0.717) is 6.04 Å². The maximum absolute atomic E-state index is 5.27. The van der Waals surface area contributed by atoms with Gasteiger partial charge in [-0.1, -0.05) is 18.1 Å². The maximum atomic E-state index is 5.27. The van der Waals surface area contributed by atoms with Crippen LogP contribution in [0.5, 0.6) is 0 Å². The molecule has 2 unspecified atom stereocenters. The Morgan fingerprint density at radius 3 is 2.90 bits per heavy atom. The number of nitrogens with one attached hydrogen (secondary N) is 1. The van der Waals surface area contributed by atoms with Gasteiger partial charge < -0.3 is 5.32 Å². The molecule has 0 aromatic rings. The molecule has 1 aliphatic heterocycles. The molecule has 1 heteroatoms. The molecule has 0 spiro atoms. The lowest BCUT2D eigenvalue weighted by Crippen LogP contribution is -2.40. The summed E-state index contributed by atoms with van der Waals surface area (Å²) in [6.45, 7) is 6.06. The predicted octanol–water partition coefficient (Wildman–Crippen LogP) is 1.32. The molecule has 54 valence electrons. The van der Waals surface area contributed by atoms with Gasteiger partial charge in [-0.2, -0.15) is 0 Å². The van der Waals surface area contributed by atoms with E-state index in [9.17, 15) is 0 Å². The van der Waals surface area contributed by atoms with Crippen molar-refractivity contribution in [1.29, 1.82) is 0 Å². The Morgan fingerprint density at radius 1 is 1.70 bits per heavy atom. The molecule has 0 aromatic carbocycles. The largest absolute Gasteiger partial charge is 0.301 e. The molecule has 1 nitrogen and oxygen atoms in total. The molecule has 0 saturated carbocycles. The summed E-state index contributed by atoms with van der Waals surface area (Å²) in [6, 6.07) is 0.721. The van der Waals surface area contributed by atoms with Crippen molar-refractivity contribution in [2.45, 2.75) is 31.8 Å². The zero-order valence-corrected chi connectivity index (χ0v) is 6.35. The zero-order valence-electron chi connectivity index (χ0n) is 6.35. The number of hydrogen-bond acceptors (Lipinski definition) is 1. The lowest BCUT2D eigenvalue weighted by molar-refractivity contribution is 0.446. The molecule has 10 heavy (non-hydrogen) atoms. The molecule has 1 heterocycles. The van der Waals surface area contributed by atoms with Crippen molar-refractivity contribution in [2.24, 2.45) is 0 Å². The molecular weight excluding hydrogens is 122 g/mol. The normalized spacial score (nSPS) is 33.4. The van der Waals surface area contributed by atoms with Crippen molar-refractivity contribution in [3.05, 3.63) is 12.2 Å². The van der Waals surface area contributed by atoms with Crippen molar-refractivity contribution in [2.75, 3.05) is 0 Å². The minimum atomic E-state index is 0.219. The van der Waals surface area contributed by atoms with Crippen LogP contribution in [0.15, 0.2) is 12.2 Å². The number of piperidine rings is 1. The lowest BCUT2D eigenvalue weighted by Gasteiger charge is -2.26. The average Bonchev–Trinajstić information content (AvgIpc) is 1.85. The minimum Gasteiger partial charge on any atom is -0.301 e. The second-order valence-corrected chi connectivity index (χ2v) is 2.95. The van der Waals surface area contributed by atoms with Gasteiger partial charge in [-0.15, -0.1) is 6.42 Å². The Morgan fingerprint density at radius 2 is 2.40 bits per heavy atom. The van der Waals surface area contributed by atoms with Gasteiger partial charge in [0.1, 0.15) is 0 Å². The van der Waals surface area contributed by atoms with Gasteiger partial charge in [0.25, 0.3) is 0 Å². The Hall–Kier alpha value is -0.740.